The molecule has 0 amide bonds. The number of rotatable bonds is 2. The molecule has 0 spiro atoms. The Morgan fingerprint density at radius 3 is 2.65 bits per heavy atom. The van der Waals surface area contributed by atoms with E-state index in [2.05, 4.69) is 10.6 Å². The zero-order chi connectivity index (χ0) is 17.0. The molecule has 0 saturated carbocycles. The van der Waals surface area contributed by atoms with Crippen LogP contribution in [0.5, 0.6) is 5.75 Å². The Bertz CT molecular complexity index is 572. The van der Waals surface area contributed by atoms with Crippen molar-refractivity contribution in [3.05, 3.63) is 35.5 Å². The largest absolute Gasteiger partial charge is 0.497 e. The maximum atomic E-state index is 13.2. The fraction of sp³-hybridized carbons (Fsp3) is 0.500. The van der Waals surface area contributed by atoms with Gasteiger partial charge in [0.05, 0.1) is 18.5 Å². The molecule has 3 rings (SSSR count). The van der Waals surface area contributed by atoms with Gasteiger partial charge in [-0.15, -0.1) is 0 Å². The summed E-state index contributed by atoms with van der Waals surface area (Å²) >= 11 is 0. The Morgan fingerprint density at radius 1 is 1.26 bits per heavy atom. The number of alkyl halides is 3. The summed E-state index contributed by atoms with van der Waals surface area (Å²) in [6.45, 7) is 5.30. The van der Waals surface area contributed by atoms with Crippen molar-refractivity contribution in [3.63, 3.8) is 0 Å². The van der Waals surface area contributed by atoms with Crippen LogP contribution in [0.2, 0.25) is 0 Å². The standard InChI is InChI=1S/C14H16F3N3O.C2H6/c1-21-10-4-2-3-9(7-10)12-11-8-18-5-6-20(11)13(19-12)14(15,16)17;1-2/h2-4,7,13,18-19H,5-6,8H2,1H3;1-2H3. The number of hydrogen-bond acceptors (Lipinski definition) is 4. The summed E-state index contributed by atoms with van der Waals surface area (Å²) in [7, 11) is 1.53. The van der Waals surface area contributed by atoms with Gasteiger partial charge in [-0.3, -0.25) is 0 Å². The molecule has 1 atom stereocenters. The van der Waals surface area contributed by atoms with Gasteiger partial charge in [0, 0.05) is 25.2 Å². The molecule has 1 aromatic carbocycles. The molecule has 23 heavy (non-hydrogen) atoms. The van der Waals surface area contributed by atoms with Crippen LogP contribution in [0.15, 0.2) is 30.0 Å². The first kappa shape index (κ1) is 17.5. The van der Waals surface area contributed by atoms with Gasteiger partial charge in [0.1, 0.15) is 5.75 Å². The highest BCUT2D eigenvalue weighted by Crippen LogP contribution is 2.36. The van der Waals surface area contributed by atoms with Crippen LogP contribution in [0.25, 0.3) is 5.70 Å². The maximum Gasteiger partial charge on any atom is 0.427 e. The number of nitrogens with zero attached hydrogens (tertiary/aromatic N) is 1. The van der Waals surface area contributed by atoms with Crippen molar-refractivity contribution in [1.82, 2.24) is 15.5 Å². The van der Waals surface area contributed by atoms with Gasteiger partial charge in [-0.2, -0.15) is 13.2 Å². The van der Waals surface area contributed by atoms with E-state index in [1.165, 1.54) is 12.0 Å². The summed E-state index contributed by atoms with van der Waals surface area (Å²) in [4.78, 5) is 1.39. The highest BCUT2D eigenvalue weighted by atomic mass is 19.4. The van der Waals surface area contributed by atoms with Crippen molar-refractivity contribution in [2.75, 3.05) is 26.7 Å². The molecule has 2 N–H and O–H groups in total. The Balaban J connectivity index is 0.000000924. The van der Waals surface area contributed by atoms with Crippen molar-refractivity contribution < 1.29 is 17.9 Å². The first-order chi connectivity index (χ1) is 11.0. The van der Waals surface area contributed by atoms with Gasteiger partial charge >= 0.3 is 6.18 Å². The van der Waals surface area contributed by atoms with Crippen LogP contribution in [0.1, 0.15) is 19.4 Å². The fourth-order valence-corrected chi connectivity index (χ4v) is 2.74. The lowest BCUT2D eigenvalue weighted by Crippen LogP contribution is -2.53. The van der Waals surface area contributed by atoms with Crippen molar-refractivity contribution in [1.29, 1.82) is 0 Å². The number of piperazine rings is 1. The minimum Gasteiger partial charge on any atom is -0.497 e. The van der Waals surface area contributed by atoms with E-state index < -0.39 is 12.3 Å². The molecule has 2 heterocycles. The molecular formula is C16H22F3N3O. The van der Waals surface area contributed by atoms with E-state index >= 15 is 0 Å². The Labute approximate surface area is 134 Å². The predicted octanol–water partition coefficient (Wildman–Crippen LogP) is 2.79. The third kappa shape index (κ3) is 3.55. The van der Waals surface area contributed by atoms with Gasteiger partial charge in [0.25, 0.3) is 0 Å². The van der Waals surface area contributed by atoms with Gasteiger partial charge in [0.15, 0.2) is 6.17 Å². The zero-order valence-electron chi connectivity index (χ0n) is 13.5. The molecule has 1 aromatic rings. The van der Waals surface area contributed by atoms with Crippen LogP contribution in [-0.4, -0.2) is 44.0 Å². The summed E-state index contributed by atoms with van der Waals surface area (Å²) in [5.74, 6) is 0.619. The molecule has 2 aliphatic heterocycles. The lowest BCUT2D eigenvalue weighted by molar-refractivity contribution is -0.180. The number of halogens is 3. The second kappa shape index (κ2) is 7.12. The van der Waals surface area contributed by atoms with Gasteiger partial charge in [-0.05, 0) is 12.1 Å². The SMILES string of the molecule is CC.COc1cccc(C2=C3CNCCN3C(C(F)(F)F)N2)c1. The maximum absolute atomic E-state index is 13.2. The van der Waals surface area contributed by atoms with Gasteiger partial charge in [-0.25, -0.2) is 0 Å². The number of hydrogen-bond donors (Lipinski definition) is 2. The summed E-state index contributed by atoms with van der Waals surface area (Å²) in [6, 6.07) is 7.05. The van der Waals surface area contributed by atoms with Crippen LogP contribution in [0.4, 0.5) is 13.2 Å². The average Bonchev–Trinajstić information content (AvgIpc) is 2.97. The first-order valence-electron chi connectivity index (χ1n) is 7.69. The van der Waals surface area contributed by atoms with Crippen molar-refractivity contribution in [2.24, 2.45) is 0 Å². The lowest BCUT2D eigenvalue weighted by atomic mass is 10.1. The quantitative estimate of drug-likeness (QED) is 0.875. The first-order valence-corrected chi connectivity index (χ1v) is 7.69. The highest BCUT2D eigenvalue weighted by Gasteiger charge is 2.49. The minimum absolute atomic E-state index is 0.333. The van der Waals surface area contributed by atoms with Crippen LogP contribution in [0.3, 0.4) is 0 Å². The van der Waals surface area contributed by atoms with E-state index in [9.17, 15) is 13.2 Å². The lowest BCUT2D eigenvalue weighted by Gasteiger charge is -2.33. The van der Waals surface area contributed by atoms with Gasteiger partial charge in [0.2, 0.25) is 0 Å². The molecule has 1 saturated heterocycles. The van der Waals surface area contributed by atoms with Crippen LogP contribution in [-0.2, 0) is 0 Å². The smallest absolute Gasteiger partial charge is 0.427 e. The van der Waals surface area contributed by atoms with Crippen molar-refractivity contribution in [3.8, 4) is 5.75 Å². The molecule has 0 aromatic heterocycles. The number of nitrogens with one attached hydrogen (secondary N) is 2. The average molecular weight is 329 g/mol. The second-order valence-electron chi connectivity index (χ2n) is 5.01. The molecular weight excluding hydrogens is 307 g/mol. The monoisotopic (exact) mass is 329 g/mol. The highest BCUT2D eigenvalue weighted by molar-refractivity contribution is 5.70. The number of benzene rings is 1. The minimum atomic E-state index is -4.32. The molecule has 2 aliphatic rings. The Morgan fingerprint density at radius 2 is 2.00 bits per heavy atom. The van der Waals surface area contributed by atoms with E-state index in [4.69, 9.17) is 4.74 Å². The number of ether oxygens (including phenoxy) is 1. The number of methoxy groups -OCH3 is 1. The second-order valence-corrected chi connectivity index (χ2v) is 5.01. The van der Waals surface area contributed by atoms with Crippen LogP contribution < -0.4 is 15.4 Å². The molecule has 0 radical (unpaired) electrons. The molecule has 128 valence electrons. The van der Waals surface area contributed by atoms with E-state index in [-0.39, 0.29) is 0 Å². The Kier molecular flexibility index (Phi) is 5.41. The molecule has 0 aliphatic carbocycles. The number of fused-ring (bicyclic) bond motifs is 1. The topological polar surface area (TPSA) is 36.5 Å². The molecule has 0 bridgehead atoms. The van der Waals surface area contributed by atoms with Gasteiger partial charge in [-0.1, -0.05) is 26.0 Å². The van der Waals surface area contributed by atoms with Crippen molar-refractivity contribution in [2.45, 2.75) is 26.2 Å². The normalized spacial score (nSPS) is 20.4. The Hall–Kier alpha value is -1.89. The van der Waals surface area contributed by atoms with Crippen molar-refractivity contribution >= 4 is 5.70 Å². The molecule has 7 heteroatoms. The zero-order valence-corrected chi connectivity index (χ0v) is 13.5. The molecule has 4 nitrogen and oxygen atoms in total. The third-order valence-electron chi connectivity index (χ3n) is 3.72. The summed E-state index contributed by atoms with van der Waals surface area (Å²) < 4.78 is 44.7. The van der Waals surface area contributed by atoms with Gasteiger partial charge < -0.3 is 20.3 Å². The summed E-state index contributed by atoms with van der Waals surface area (Å²) in [5, 5.41) is 5.74. The summed E-state index contributed by atoms with van der Waals surface area (Å²) in [6.07, 6.45) is -5.97. The summed E-state index contributed by atoms with van der Waals surface area (Å²) in [5.41, 5.74) is 1.87. The fourth-order valence-electron chi connectivity index (χ4n) is 2.74. The van der Waals surface area contributed by atoms with Crippen LogP contribution in [0, 0.1) is 0 Å². The van der Waals surface area contributed by atoms with E-state index in [0.717, 1.165) is 0 Å². The van der Waals surface area contributed by atoms with E-state index in [1.54, 1.807) is 24.3 Å². The molecule has 1 unspecified atom stereocenters. The third-order valence-corrected chi connectivity index (χ3v) is 3.72. The predicted molar refractivity (Wildman–Crippen MR) is 83.8 cm³/mol. The molecule has 1 fully saturated rings. The van der Waals surface area contributed by atoms with Crippen LogP contribution >= 0.6 is 0 Å². The van der Waals surface area contributed by atoms with E-state index in [1.807, 2.05) is 13.8 Å². The van der Waals surface area contributed by atoms with E-state index in [0.29, 0.717) is 42.3 Å².